The molecule has 0 amide bonds. The summed E-state index contributed by atoms with van der Waals surface area (Å²) in [6.07, 6.45) is 6.63. The third-order valence-electron chi connectivity index (χ3n) is 3.92. The molecule has 0 aromatic heterocycles. The van der Waals surface area contributed by atoms with Crippen LogP contribution in [0.2, 0.25) is 0 Å². The Balaban J connectivity index is 1.89. The van der Waals surface area contributed by atoms with Gasteiger partial charge in [-0.05, 0) is 30.4 Å². The highest BCUT2D eigenvalue weighted by Crippen LogP contribution is 2.29. The van der Waals surface area contributed by atoms with Crippen molar-refractivity contribution in [1.82, 2.24) is 0 Å². The van der Waals surface area contributed by atoms with E-state index in [9.17, 15) is 0 Å². The maximum atomic E-state index is 9.03. The van der Waals surface area contributed by atoms with Gasteiger partial charge in [0.1, 0.15) is 0 Å². The van der Waals surface area contributed by atoms with Crippen molar-refractivity contribution in [3.63, 3.8) is 0 Å². The summed E-state index contributed by atoms with van der Waals surface area (Å²) in [4.78, 5) is 0. The standard InChI is InChI=1S/C16H21NO/c1-2-13-6-5-9-16(10-13)18-12-15-8-4-3-7-14(15)11-17/h3-4,7-8,13,16H,2,5-6,9-10,12H2,1H3. The van der Waals surface area contributed by atoms with Crippen LogP contribution in [0.1, 0.15) is 50.2 Å². The predicted octanol–water partition coefficient (Wildman–Crippen LogP) is 4.04. The van der Waals surface area contributed by atoms with Gasteiger partial charge in [-0.15, -0.1) is 0 Å². The quantitative estimate of drug-likeness (QED) is 0.799. The molecule has 0 bridgehead atoms. The number of rotatable bonds is 4. The molecule has 0 aliphatic heterocycles. The highest BCUT2D eigenvalue weighted by atomic mass is 16.5. The van der Waals surface area contributed by atoms with Crippen molar-refractivity contribution in [3.8, 4) is 6.07 Å². The second kappa shape index (κ2) is 6.56. The minimum absolute atomic E-state index is 0.385. The zero-order chi connectivity index (χ0) is 12.8. The molecule has 2 unspecified atom stereocenters. The lowest BCUT2D eigenvalue weighted by Gasteiger charge is -2.28. The lowest BCUT2D eigenvalue weighted by molar-refractivity contribution is 0.00169. The van der Waals surface area contributed by atoms with Gasteiger partial charge in [0.2, 0.25) is 0 Å². The highest BCUT2D eigenvalue weighted by molar-refractivity contribution is 5.36. The van der Waals surface area contributed by atoms with E-state index in [1.54, 1.807) is 0 Å². The van der Waals surface area contributed by atoms with Crippen LogP contribution in [0.25, 0.3) is 0 Å². The summed E-state index contributed by atoms with van der Waals surface area (Å²) in [5.74, 6) is 0.829. The Hall–Kier alpha value is -1.33. The Morgan fingerprint density at radius 2 is 2.17 bits per heavy atom. The molecule has 2 rings (SSSR count). The number of ether oxygens (including phenoxy) is 1. The average Bonchev–Trinajstić information content (AvgIpc) is 2.45. The summed E-state index contributed by atoms with van der Waals surface area (Å²) < 4.78 is 5.99. The molecule has 0 saturated heterocycles. The fourth-order valence-corrected chi connectivity index (χ4v) is 2.73. The van der Waals surface area contributed by atoms with Gasteiger partial charge in [-0.3, -0.25) is 0 Å². The van der Waals surface area contributed by atoms with Crippen LogP contribution >= 0.6 is 0 Å². The summed E-state index contributed by atoms with van der Waals surface area (Å²) in [6, 6.07) is 9.93. The molecule has 0 radical (unpaired) electrons. The summed E-state index contributed by atoms with van der Waals surface area (Å²) in [5, 5.41) is 9.03. The van der Waals surface area contributed by atoms with Crippen molar-refractivity contribution in [1.29, 1.82) is 5.26 Å². The normalized spacial score (nSPS) is 23.6. The molecule has 18 heavy (non-hydrogen) atoms. The summed E-state index contributed by atoms with van der Waals surface area (Å²) in [6.45, 7) is 2.84. The number of hydrogen-bond acceptors (Lipinski definition) is 2. The van der Waals surface area contributed by atoms with Gasteiger partial charge in [-0.25, -0.2) is 0 Å². The first-order valence-corrected chi connectivity index (χ1v) is 6.93. The van der Waals surface area contributed by atoms with Gasteiger partial charge in [0.15, 0.2) is 0 Å². The Morgan fingerprint density at radius 1 is 1.33 bits per heavy atom. The molecule has 0 spiro atoms. The first kappa shape index (κ1) is 13.1. The minimum atomic E-state index is 0.385. The molecule has 2 nitrogen and oxygen atoms in total. The number of hydrogen-bond donors (Lipinski definition) is 0. The lowest BCUT2D eigenvalue weighted by Crippen LogP contribution is -2.22. The van der Waals surface area contributed by atoms with Crippen LogP contribution in [-0.2, 0) is 11.3 Å². The van der Waals surface area contributed by atoms with Gasteiger partial charge < -0.3 is 4.74 Å². The zero-order valence-corrected chi connectivity index (χ0v) is 11.1. The number of benzene rings is 1. The van der Waals surface area contributed by atoms with E-state index in [0.717, 1.165) is 17.0 Å². The van der Waals surface area contributed by atoms with E-state index in [-0.39, 0.29) is 0 Å². The molecule has 96 valence electrons. The topological polar surface area (TPSA) is 33.0 Å². The molecular weight excluding hydrogens is 222 g/mol. The van der Waals surface area contributed by atoms with Gasteiger partial charge in [0.25, 0.3) is 0 Å². The van der Waals surface area contributed by atoms with Crippen molar-refractivity contribution < 1.29 is 4.74 Å². The largest absolute Gasteiger partial charge is 0.373 e. The number of nitrogens with zero attached hydrogens (tertiary/aromatic N) is 1. The molecular formula is C16H21NO. The monoisotopic (exact) mass is 243 g/mol. The smallest absolute Gasteiger partial charge is 0.0995 e. The van der Waals surface area contributed by atoms with Crippen LogP contribution in [-0.4, -0.2) is 6.10 Å². The Morgan fingerprint density at radius 3 is 2.94 bits per heavy atom. The second-order valence-corrected chi connectivity index (χ2v) is 5.14. The van der Waals surface area contributed by atoms with Gasteiger partial charge in [0, 0.05) is 0 Å². The molecule has 2 heteroatoms. The van der Waals surface area contributed by atoms with E-state index in [2.05, 4.69) is 13.0 Å². The molecule has 1 fully saturated rings. The summed E-state index contributed by atoms with van der Waals surface area (Å²) in [7, 11) is 0. The fraction of sp³-hybridized carbons (Fsp3) is 0.562. The van der Waals surface area contributed by atoms with Gasteiger partial charge in [0.05, 0.1) is 24.3 Å². The van der Waals surface area contributed by atoms with E-state index in [1.807, 2.05) is 24.3 Å². The SMILES string of the molecule is CCC1CCCC(OCc2ccccc2C#N)C1. The first-order chi connectivity index (χ1) is 8.83. The van der Waals surface area contributed by atoms with E-state index < -0.39 is 0 Å². The van der Waals surface area contributed by atoms with Crippen LogP contribution in [0.5, 0.6) is 0 Å². The van der Waals surface area contributed by atoms with Crippen molar-refractivity contribution in [2.24, 2.45) is 5.92 Å². The molecule has 2 atom stereocenters. The summed E-state index contributed by atoms with van der Waals surface area (Å²) >= 11 is 0. The van der Waals surface area contributed by atoms with Crippen molar-refractivity contribution in [2.75, 3.05) is 0 Å². The molecule has 0 N–H and O–H groups in total. The maximum absolute atomic E-state index is 9.03. The van der Waals surface area contributed by atoms with Crippen LogP contribution in [0, 0.1) is 17.2 Å². The van der Waals surface area contributed by atoms with E-state index in [4.69, 9.17) is 10.00 Å². The molecule has 1 aliphatic carbocycles. The lowest BCUT2D eigenvalue weighted by atomic mass is 9.85. The van der Waals surface area contributed by atoms with Gasteiger partial charge in [-0.2, -0.15) is 5.26 Å². The number of nitriles is 1. The van der Waals surface area contributed by atoms with Crippen molar-refractivity contribution in [2.45, 2.75) is 51.7 Å². The highest BCUT2D eigenvalue weighted by Gasteiger charge is 2.21. The van der Waals surface area contributed by atoms with Crippen LogP contribution in [0.3, 0.4) is 0 Å². The van der Waals surface area contributed by atoms with Crippen LogP contribution in [0.4, 0.5) is 0 Å². The third-order valence-corrected chi connectivity index (χ3v) is 3.92. The van der Waals surface area contributed by atoms with E-state index in [1.165, 1.54) is 32.1 Å². The zero-order valence-electron chi connectivity index (χ0n) is 11.1. The minimum Gasteiger partial charge on any atom is -0.373 e. The predicted molar refractivity (Wildman–Crippen MR) is 72.0 cm³/mol. The molecule has 1 aromatic carbocycles. The first-order valence-electron chi connectivity index (χ1n) is 6.93. The van der Waals surface area contributed by atoms with Crippen LogP contribution in [0.15, 0.2) is 24.3 Å². The van der Waals surface area contributed by atoms with Gasteiger partial charge in [-0.1, -0.05) is 44.4 Å². The molecule has 1 saturated carbocycles. The molecule has 0 heterocycles. The summed E-state index contributed by atoms with van der Waals surface area (Å²) in [5.41, 5.74) is 1.75. The maximum Gasteiger partial charge on any atom is 0.0995 e. The molecule has 1 aliphatic rings. The Labute approximate surface area is 110 Å². The van der Waals surface area contributed by atoms with Crippen LogP contribution < -0.4 is 0 Å². The van der Waals surface area contributed by atoms with Gasteiger partial charge >= 0.3 is 0 Å². The third kappa shape index (κ3) is 3.34. The Bertz CT molecular complexity index is 421. The second-order valence-electron chi connectivity index (χ2n) is 5.14. The van der Waals surface area contributed by atoms with E-state index >= 15 is 0 Å². The molecule has 1 aromatic rings. The van der Waals surface area contributed by atoms with Crippen molar-refractivity contribution >= 4 is 0 Å². The van der Waals surface area contributed by atoms with Crippen molar-refractivity contribution in [3.05, 3.63) is 35.4 Å². The average molecular weight is 243 g/mol. The fourth-order valence-electron chi connectivity index (χ4n) is 2.73. The van der Waals surface area contributed by atoms with E-state index in [0.29, 0.717) is 12.7 Å². The Kier molecular flexibility index (Phi) is 4.78.